The summed E-state index contributed by atoms with van der Waals surface area (Å²) in [6.07, 6.45) is 4.98. The van der Waals surface area contributed by atoms with Crippen molar-refractivity contribution in [2.45, 2.75) is 32.7 Å². The van der Waals surface area contributed by atoms with Crippen molar-refractivity contribution in [3.8, 4) is 5.75 Å². The molecular weight excluding hydrogens is 442 g/mol. The number of fused-ring (bicyclic) bond motifs is 1. The number of hydrogen-bond acceptors (Lipinski definition) is 5. The van der Waals surface area contributed by atoms with Crippen molar-refractivity contribution in [1.29, 1.82) is 0 Å². The van der Waals surface area contributed by atoms with E-state index in [9.17, 15) is 4.79 Å². The fourth-order valence-corrected chi connectivity index (χ4v) is 4.54. The van der Waals surface area contributed by atoms with Crippen LogP contribution in [0, 0.1) is 0 Å². The van der Waals surface area contributed by atoms with E-state index in [0.717, 1.165) is 35.2 Å². The summed E-state index contributed by atoms with van der Waals surface area (Å²) >= 11 is 7.58. The van der Waals surface area contributed by atoms with Gasteiger partial charge < -0.3 is 4.74 Å². The Kier molecular flexibility index (Phi) is 7.35. The number of rotatable bonds is 9. The topological polar surface area (TPSA) is 55.3 Å². The molecule has 1 amide bonds. The Bertz CT molecular complexity index is 1200. The van der Waals surface area contributed by atoms with Gasteiger partial charge in [-0.3, -0.25) is 14.7 Å². The minimum absolute atomic E-state index is 0.153. The van der Waals surface area contributed by atoms with Gasteiger partial charge in [0, 0.05) is 16.8 Å². The third kappa shape index (κ3) is 5.44. The third-order valence-electron chi connectivity index (χ3n) is 4.96. The molecule has 0 unspecified atom stereocenters. The smallest absolute Gasteiger partial charge is 0.260 e. The molecule has 0 saturated carbocycles. The van der Waals surface area contributed by atoms with E-state index in [1.54, 1.807) is 29.3 Å². The first-order valence-corrected chi connectivity index (χ1v) is 11.8. The Labute approximate surface area is 196 Å². The Morgan fingerprint density at radius 2 is 2.00 bits per heavy atom. The SMILES string of the molecule is CCCCCOc1cccc(C(=O)N(Cc2ccccn2)c2nc3ccc(Cl)cc3s2)c1. The molecule has 2 aromatic carbocycles. The van der Waals surface area contributed by atoms with E-state index in [4.69, 9.17) is 21.3 Å². The number of pyridine rings is 1. The summed E-state index contributed by atoms with van der Waals surface area (Å²) in [6, 6.07) is 18.5. The van der Waals surface area contributed by atoms with Crippen molar-refractivity contribution in [2.24, 2.45) is 0 Å². The molecule has 0 fully saturated rings. The highest BCUT2D eigenvalue weighted by Crippen LogP contribution is 2.32. The molecule has 164 valence electrons. The Balaban J connectivity index is 1.64. The molecule has 0 aliphatic heterocycles. The quantitative estimate of drug-likeness (QED) is 0.256. The second-order valence-electron chi connectivity index (χ2n) is 7.40. The molecule has 0 atom stereocenters. The summed E-state index contributed by atoms with van der Waals surface area (Å²) in [6.45, 7) is 3.11. The molecule has 0 radical (unpaired) electrons. The van der Waals surface area contributed by atoms with Gasteiger partial charge in [-0.1, -0.05) is 54.8 Å². The molecule has 4 aromatic rings. The maximum Gasteiger partial charge on any atom is 0.260 e. The summed E-state index contributed by atoms with van der Waals surface area (Å²) < 4.78 is 6.78. The molecule has 0 aliphatic carbocycles. The predicted octanol–water partition coefficient (Wildman–Crippen LogP) is 6.76. The van der Waals surface area contributed by atoms with Crippen molar-refractivity contribution in [3.05, 3.63) is 83.1 Å². The first-order valence-electron chi connectivity index (χ1n) is 10.6. The van der Waals surface area contributed by atoms with Gasteiger partial charge in [0.15, 0.2) is 5.13 Å². The maximum atomic E-state index is 13.6. The number of thiazole rings is 1. The first kappa shape index (κ1) is 22.2. The van der Waals surface area contributed by atoms with Crippen LogP contribution in [-0.2, 0) is 6.54 Å². The van der Waals surface area contributed by atoms with Gasteiger partial charge >= 0.3 is 0 Å². The highest BCUT2D eigenvalue weighted by Gasteiger charge is 2.23. The largest absolute Gasteiger partial charge is 0.494 e. The minimum Gasteiger partial charge on any atom is -0.494 e. The van der Waals surface area contributed by atoms with E-state index in [-0.39, 0.29) is 5.91 Å². The Hall–Kier alpha value is -2.96. The molecular formula is C25H24ClN3O2S. The molecule has 2 aromatic heterocycles. The fraction of sp³-hybridized carbons (Fsp3) is 0.240. The summed E-state index contributed by atoms with van der Waals surface area (Å²) in [4.78, 5) is 24.4. The molecule has 0 aliphatic rings. The van der Waals surface area contributed by atoms with Gasteiger partial charge in [-0.05, 0) is 55.0 Å². The molecule has 4 rings (SSSR count). The number of carbonyl (C=O) groups is 1. The van der Waals surface area contributed by atoms with Crippen LogP contribution in [0.25, 0.3) is 10.2 Å². The summed E-state index contributed by atoms with van der Waals surface area (Å²) in [5, 5.41) is 1.25. The second-order valence-corrected chi connectivity index (χ2v) is 8.85. The highest BCUT2D eigenvalue weighted by molar-refractivity contribution is 7.22. The number of aromatic nitrogens is 2. The zero-order valence-electron chi connectivity index (χ0n) is 17.8. The lowest BCUT2D eigenvalue weighted by molar-refractivity contribution is 0.0984. The lowest BCUT2D eigenvalue weighted by atomic mass is 10.2. The van der Waals surface area contributed by atoms with Crippen molar-refractivity contribution >= 4 is 44.2 Å². The van der Waals surface area contributed by atoms with E-state index in [1.165, 1.54) is 11.3 Å². The van der Waals surface area contributed by atoms with Gasteiger partial charge in [-0.25, -0.2) is 4.98 Å². The van der Waals surface area contributed by atoms with E-state index < -0.39 is 0 Å². The molecule has 0 N–H and O–H groups in total. The lowest BCUT2D eigenvalue weighted by Gasteiger charge is -2.20. The Morgan fingerprint density at radius 1 is 1.09 bits per heavy atom. The number of amides is 1. The van der Waals surface area contributed by atoms with Gasteiger partial charge in [0.05, 0.1) is 29.1 Å². The number of ether oxygens (including phenoxy) is 1. The molecule has 0 spiro atoms. The standard InChI is InChI=1S/C25H24ClN3O2S/c1-2-3-6-14-31-21-10-7-8-18(15-21)24(30)29(17-20-9-4-5-13-27-20)25-28-22-12-11-19(26)16-23(22)32-25/h4-5,7-13,15-16H,2-3,6,14,17H2,1H3. The number of hydrogen-bond donors (Lipinski definition) is 0. The summed E-state index contributed by atoms with van der Waals surface area (Å²) in [5.74, 6) is 0.542. The number of carbonyl (C=O) groups excluding carboxylic acids is 1. The Morgan fingerprint density at radius 3 is 2.81 bits per heavy atom. The monoisotopic (exact) mass is 465 g/mol. The van der Waals surface area contributed by atoms with Crippen LogP contribution < -0.4 is 9.64 Å². The molecule has 0 bridgehead atoms. The third-order valence-corrected chi connectivity index (χ3v) is 6.24. The molecule has 0 saturated heterocycles. The van der Waals surface area contributed by atoms with Gasteiger partial charge in [-0.2, -0.15) is 0 Å². The molecule has 2 heterocycles. The van der Waals surface area contributed by atoms with Crippen LogP contribution in [0.5, 0.6) is 5.75 Å². The number of unbranched alkanes of at least 4 members (excludes halogenated alkanes) is 2. The fourth-order valence-electron chi connectivity index (χ4n) is 3.30. The average molecular weight is 466 g/mol. The van der Waals surface area contributed by atoms with Crippen molar-refractivity contribution < 1.29 is 9.53 Å². The van der Waals surface area contributed by atoms with E-state index in [2.05, 4.69) is 11.9 Å². The van der Waals surface area contributed by atoms with E-state index in [1.807, 2.05) is 42.5 Å². The molecule has 7 heteroatoms. The first-order chi connectivity index (χ1) is 15.6. The van der Waals surface area contributed by atoms with Crippen LogP contribution in [0.3, 0.4) is 0 Å². The highest BCUT2D eigenvalue weighted by atomic mass is 35.5. The normalized spacial score (nSPS) is 10.9. The second kappa shape index (κ2) is 10.6. The van der Waals surface area contributed by atoms with Crippen LogP contribution in [0.15, 0.2) is 66.9 Å². The van der Waals surface area contributed by atoms with E-state index in [0.29, 0.717) is 34.6 Å². The lowest BCUT2D eigenvalue weighted by Crippen LogP contribution is -2.30. The van der Waals surface area contributed by atoms with Crippen LogP contribution in [0.2, 0.25) is 5.02 Å². The average Bonchev–Trinajstić information content (AvgIpc) is 3.23. The van der Waals surface area contributed by atoms with Gasteiger partial charge in [0.2, 0.25) is 0 Å². The van der Waals surface area contributed by atoms with Crippen LogP contribution in [-0.4, -0.2) is 22.5 Å². The predicted molar refractivity (Wildman–Crippen MR) is 131 cm³/mol. The maximum absolute atomic E-state index is 13.6. The number of nitrogens with zero attached hydrogens (tertiary/aromatic N) is 3. The number of benzene rings is 2. The van der Waals surface area contributed by atoms with Gasteiger partial charge in [0.25, 0.3) is 5.91 Å². The zero-order valence-corrected chi connectivity index (χ0v) is 19.4. The van der Waals surface area contributed by atoms with E-state index >= 15 is 0 Å². The minimum atomic E-state index is -0.153. The van der Waals surface area contributed by atoms with Crippen molar-refractivity contribution in [2.75, 3.05) is 11.5 Å². The van der Waals surface area contributed by atoms with Crippen molar-refractivity contribution in [1.82, 2.24) is 9.97 Å². The number of halogens is 1. The van der Waals surface area contributed by atoms with Crippen LogP contribution in [0.1, 0.15) is 42.2 Å². The van der Waals surface area contributed by atoms with Gasteiger partial charge in [0.1, 0.15) is 5.75 Å². The van der Waals surface area contributed by atoms with Crippen LogP contribution in [0.4, 0.5) is 5.13 Å². The van der Waals surface area contributed by atoms with Crippen LogP contribution >= 0.6 is 22.9 Å². The molecule has 5 nitrogen and oxygen atoms in total. The number of anilines is 1. The zero-order chi connectivity index (χ0) is 22.3. The summed E-state index contributed by atoms with van der Waals surface area (Å²) in [5.41, 5.74) is 2.14. The van der Waals surface area contributed by atoms with Crippen molar-refractivity contribution in [3.63, 3.8) is 0 Å². The summed E-state index contributed by atoms with van der Waals surface area (Å²) in [7, 11) is 0. The van der Waals surface area contributed by atoms with Gasteiger partial charge in [-0.15, -0.1) is 0 Å². The molecule has 32 heavy (non-hydrogen) atoms.